The van der Waals surface area contributed by atoms with Gasteiger partial charge < -0.3 is 24.6 Å². The Balaban J connectivity index is 1.36. The molecule has 1 aromatic rings. The van der Waals surface area contributed by atoms with Crippen molar-refractivity contribution in [2.75, 3.05) is 51.4 Å². The van der Waals surface area contributed by atoms with Gasteiger partial charge >= 0.3 is 0 Å². The number of rotatable bonds is 7. The summed E-state index contributed by atoms with van der Waals surface area (Å²) in [5.74, 6) is 0.653. The van der Waals surface area contributed by atoms with Gasteiger partial charge in [0, 0.05) is 32.2 Å². The monoisotopic (exact) mass is 389 g/mol. The zero-order chi connectivity index (χ0) is 19.8. The lowest BCUT2D eigenvalue weighted by Gasteiger charge is -2.36. The third kappa shape index (κ3) is 5.61. The molecule has 3 rings (SSSR count). The summed E-state index contributed by atoms with van der Waals surface area (Å²) in [6.45, 7) is 2.65. The topological polar surface area (TPSA) is 71.1 Å². The predicted molar refractivity (Wildman–Crippen MR) is 108 cm³/mol. The highest BCUT2D eigenvalue weighted by Crippen LogP contribution is 2.28. The minimum Gasteiger partial charge on any atom is -0.495 e. The van der Waals surface area contributed by atoms with E-state index in [1.54, 1.807) is 12.0 Å². The van der Waals surface area contributed by atoms with E-state index in [4.69, 9.17) is 9.47 Å². The van der Waals surface area contributed by atoms with Gasteiger partial charge in [-0.05, 0) is 25.0 Å². The van der Waals surface area contributed by atoms with Crippen molar-refractivity contribution >= 4 is 17.5 Å². The van der Waals surface area contributed by atoms with Gasteiger partial charge in [-0.3, -0.25) is 9.59 Å². The van der Waals surface area contributed by atoms with Crippen molar-refractivity contribution in [1.29, 1.82) is 0 Å². The molecule has 1 saturated carbocycles. The van der Waals surface area contributed by atoms with E-state index in [0.29, 0.717) is 13.1 Å². The molecule has 2 aliphatic rings. The summed E-state index contributed by atoms with van der Waals surface area (Å²) in [7, 11) is 1.67. The summed E-state index contributed by atoms with van der Waals surface area (Å²) in [6, 6.07) is 8.18. The second kappa shape index (κ2) is 10.3. The molecule has 1 saturated heterocycles. The largest absolute Gasteiger partial charge is 0.495 e. The average molecular weight is 389 g/mol. The Morgan fingerprint density at radius 3 is 2.46 bits per heavy atom. The second-order valence-corrected chi connectivity index (χ2v) is 7.43. The van der Waals surface area contributed by atoms with E-state index in [2.05, 4.69) is 10.2 Å². The lowest BCUT2D eigenvalue weighted by atomic mass is 9.95. The Labute approximate surface area is 167 Å². The van der Waals surface area contributed by atoms with E-state index in [9.17, 15) is 9.59 Å². The number of carbonyl (C=O) groups excluding carboxylic acids is 2. The molecule has 0 unspecified atom stereocenters. The molecule has 1 N–H and O–H groups in total. The van der Waals surface area contributed by atoms with Crippen molar-refractivity contribution in [2.45, 2.75) is 38.1 Å². The first-order chi connectivity index (χ1) is 13.7. The zero-order valence-electron chi connectivity index (χ0n) is 16.7. The lowest BCUT2D eigenvalue weighted by molar-refractivity contribution is -0.138. The van der Waals surface area contributed by atoms with E-state index >= 15 is 0 Å². The number of hydrogen-bond donors (Lipinski definition) is 1. The van der Waals surface area contributed by atoms with Crippen LogP contribution in [0, 0.1) is 0 Å². The van der Waals surface area contributed by atoms with Gasteiger partial charge in [-0.15, -0.1) is 0 Å². The van der Waals surface area contributed by atoms with Gasteiger partial charge in [-0.25, -0.2) is 0 Å². The maximum Gasteiger partial charge on any atom is 0.248 e. The smallest absolute Gasteiger partial charge is 0.248 e. The normalized spacial score (nSPS) is 18.0. The fraction of sp³-hybridized carbons (Fsp3) is 0.619. The quantitative estimate of drug-likeness (QED) is 0.770. The van der Waals surface area contributed by atoms with E-state index in [0.717, 1.165) is 37.4 Å². The van der Waals surface area contributed by atoms with Crippen LogP contribution in [0.4, 0.5) is 5.69 Å². The molecule has 7 heteroatoms. The molecule has 0 aromatic heterocycles. The molecule has 1 heterocycles. The second-order valence-electron chi connectivity index (χ2n) is 7.43. The Kier molecular flexibility index (Phi) is 7.54. The standard InChI is InChI=1S/C21H31N3O4/c1-27-19-10-6-5-9-18(19)23-11-13-24(14-12-23)21(26)16-28-15-20(25)22-17-7-3-2-4-8-17/h5-6,9-10,17H,2-4,7-8,11-16H2,1H3,(H,22,25). The molecule has 2 fully saturated rings. The van der Waals surface area contributed by atoms with Crippen molar-refractivity contribution in [3.8, 4) is 5.75 Å². The Morgan fingerprint density at radius 1 is 1.04 bits per heavy atom. The predicted octanol–water partition coefficient (Wildman–Crippen LogP) is 1.81. The molecular formula is C21H31N3O4. The van der Waals surface area contributed by atoms with Gasteiger partial charge in [0.25, 0.3) is 0 Å². The number of benzene rings is 1. The van der Waals surface area contributed by atoms with Crippen molar-refractivity contribution in [1.82, 2.24) is 10.2 Å². The lowest BCUT2D eigenvalue weighted by Crippen LogP contribution is -2.50. The number of piperazine rings is 1. The van der Waals surface area contributed by atoms with Crippen LogP contribution >= 0.6 is 0 Å². The van der Waals surface area contributed by atoms with Crippen LogP contribution in [-0.2, 0) is 14.3 Å². The molecule has 0 atom stereocenters. The maximum atomic E-state index is 12.4. The van der Waals surface area contributed by atoms with Crippen LogP contribution in [0.25, 0.3) is 0 Å². The molecule has 1 aromatic carbocycles. The first kappa shape index (κ1) is 20.5. The summed E-state index contributed by atoms with van der Waals surface area (Å²) < 4.78 is 10.8. The molecule has 7 nitrogen and oxygen atoms in total. The highest BCUT2D eigenvalue weighted by atomic mass is 16.5. The van der Waals surface area contributed by atoms with Crippen LogP contribution in [-0.4, -0.2) is 69.3 Å². The highest BCUT2D eigenvalue weighted by Gasteiger charge is 2.23. The van der Waals surface area contributed by atoms with Gasteiger partial charge in [0.15, 0.2) is 0 Å². The van der Waals surface area contributed by atoms with E-state index < -0.39 is 0 Å². The average Bonchev–Trinajstić information content (AvgIpc) is 2.74. The van der Waals surface area contributed by atoms with E-state index in [1.165, 1.54) is 19.3 Å². The molecule has 0 bridgehead atoms. The fourth-order valence-corrected chi connectivity index (χ4v) is 3.93. The highest BCUT2D eigenvalue weighted by molar-refractivity contribution is 5.80. The minimum absolute atomic E-state index is 0.0489. The number of carbonyl (C=O) groups is 2. The van der Waals surface area contributed by atoms with Crippen LogP contribution in [0.5, 0.6) is 5.75 Å². The van der Waals surface area contributed by atoms with Crippen LogP contribution in [0.1, 0.15) is 32.1 Å². The number of anilines is 1. The number of nitrogens with one attached hydrogen (secondary N) is 1. The SMILES string of the molecule is COc1ccccc1N1CCN(C(=O)COCC(=O)NC2CCCCC2)CC1. The molecule has 154 valence electrons. The third-order valence-electron chi connectivity index (χ3n) is 5.49. The van der Waals surface area contributed by atoms with Crippen molar-refractivity contribution in [3.63, 3.8) is 0 Å². The van der Waals surface area contributed by atoms with Crippen LogP contribution < -0.4 is 15.0 Å². The van der Waals surface area contributed by atoms with Gasteiger partial charge in [0.05, 0.1) is 12.8 Å². The van der Waals surface area contributed by atoms with Crippen molar-refractivity contribution < 1.29 is 19.1 Å². The van der Waals surface area contributed by atoms with Gasteiger partial charge in [0.1, 0.15) is 19.0 Å². The van der Waals surface area contributed by atoms with Crippen LogP contribution in [0.2, 0.25) is 0 Å². The van der Waals surface area contributed by atoms with Crippen molar-refractivity contribution in [2.24, 2.45) is 0 Å². The molecule has 1 aliphatic carbocycles. The molecule has 28 heavy (non-hydrogen) atoms. The van der Waals surface area contributed by atoms with Crippen molar-refractivity contribution in [3.05, 3.63) is 24.3 Å². The van der Waals surface area contributed by atoms with Gasteiger partial charge in [0.2, 0.25) is 11.8 Å². The van der Waals surface area contributed by atoms with E-state index in [-0.39, 0.29) is 31.1 Å². The minimum atomic E-state index is -0.124. The summed E-state index contributed by atoms with van der Waals surface area (Å²) >= 11 is 0. The summed E-state index contributed by atoms with van der Waals surface area (Å²) in [6.07, 6.45) is 5.68. The zero-order valence-corrected chi connectivity index (χ0v) is 16.7. The maximum absolute atomic E-state index is 12.4. The number of amides is 2. The van der Waals surface area contributed by atoms with Gasteiger partial charge in [-0.2, -0.15) is 0 Å². The molecule has 2 amide bonds. The Bertz CT molecular complexity index is 653. The van der Waals surface area contributed by atoms with Crippen LogP contribution in [0.15, 0.2) is 24.3 Å². The first-order valence-corrected chi connectivity index (χ1v) is 10.2. The Hall–Kier alpha value is -2.28. The van der Waals surface area contributed by atoms with Gasteiger partial charge in [-0.1, -0.05) is 31.4 Å². The molecule has 0 spiro atoms. The number of para-hydroxylation sites is 2. The summed E-state index contributed by atoms with van der Waals surface area (Å²) in [5.41, 5.74) is 1.05. The number of hydrogen-bond acceptors (Lipinski definition) is 5. The number of ether oxygens (including phenoxy) is 2. The van der Waals surface area contributed by atoms with Crippen LogP contribution in [0.3, 0.4) is 0 Å². The number of nitrogens with zero attached hydrogens (tertiary/aromatic N) is 2. The molecule has 0 radical (unpaired) electrons. The van der Waals surface area contributed by atoms with E-state index in [1.807, 2.05) is 24.3 Å². The third-order valence-corrected chi connectivity index (χ3v) is 5.49. The first-order valence-electron chi connectivity index (χ1n) is 10.2. The summed E-state index contributed by atoms with van der Waals surface area (Å²) in [5, 5.41) is 3.00. The fourth-order valence-electron chi connectivity index (χ4n) is 3.93. The number of methoxy groups -OCH3 is 1. The Morgan fingerprint density at radius 2 is 1.75 bits per heavy atom. The molecule has 1 aliphatic heterocycles. The molecular weight excluding hydrogens is 358 g/mol. The summed E-state index contributed by atoms with van der Waals surface area (Å²) in [4.78, 5) is 28.3.